The van der Waals surface area contributed by atoms with Crippen molar-refractivity contribution in [3.63, 3.8) is 0 Å². The molecule has 0 spiro atoms. The minimum atomic E-state index is -3.66. The van der Waals surface area contributed by atoms with Crippen molar-refractivity contribution in [2.75, 3.05) is 11.5 Å². The van der Waals surface area contributed by atoms with E-state index in [2.05, 4.69) is 4.72 Å². The van der Waals surface area contributed by atoms with E-state index in [4.69, 9.17) is 5.11 Å². The zero-order chi connectivity index (χ0) is 14.8. The maximum atomic E-state index is 12.3. The molecule has 1 aliphatic rings. The van der Waals surface area contributed by atoms with Crippen LogP contribution >= 0.6 is 34.4 Å². The SMILES string of the molecule is O=C(O)c1cc(S(=O)(=O)NC2CCSCC2)ccc1I. The molecule has 110 valence electrons. The number of carboxylic acid groups (broad SMARTS) is 1. The third-order valence-electron chi connectivity index (χ3n) is 3.02. The number of carbonyl (C=O) groups is 1. The van der Waals surface area contributed by atoms with Gasteiger partial charge in [0.1, 0.15) is 0 Å². The van der Waals surface area contributed by atoms with E-state index in [0.29, 0.717) is 3.57 Å². The smallest absolute Gasteiger partial charge is 0.336 e. The second-order valence-corrected chi connectivity index (χ2v) is 8.56. The minimum absolute atomic E-state index is 0.00711. The van der Waals surface area contributed by atoms with Gasteiger partial charge in [0.25, 0.3) is 0 Å². The van der Waals surface area contributed by atoms with Crippen molar-refractivity contribution in [1.29, 1.82) is 0 Å². The topological polar surface area (TPSA) is 83.5 Å². The molecule has 0 unspecified atom stereocenters. The van der Waals surface area contributed by atoms with Gasteiger partial charge in [0.05, 0.1) is 10.5 Å². The van der Waals surface area contributed by atoms with Crippen LogP contribution in [0.25, 0.3) is 0 Å². The summed E-state index contributed by atoms with van der Waals surface area (Å²) in [5.74, 6) is 0.765. The summed E-state index contributed by atoms with van der Waals surface area (Å²) >= 11 is 3.69. The first-order valence-electron chi connectivity index (χ1n) is 6.03. The first-order chi connectivity index (χ1) is 9.40. The largest absolute Gasteiger partial charge is 0.478 e. The highest BCUT2D eigenvalue weighted by atomic mass is 127. The van der Waals surface area contributed by atoms with Gasteiger partial charge in [-0.25, -0.2) is 17.9 Å². The zero-order valence-corrected chi connectivity index (χ0v) is 14.3. The number of hydrogen-bond donors (Lipinski definition) is 2. The van der Waals surface area contributed by atoms with Crippen LogP contribution < -0.4 is 4.72 Å². The number of hydrogen-bond acceptors (Lipinski definition) is 4. The lowest BCUT2D eigenvalue weighted by Crippen LogP contribution is -2.37. The Morgan fingerprint density at radius 2 is 2.00 bits per heavy atom. The number of aromatic carboxylic acids is 1. The van der Waals surface area contributed by atoms with Gasteiger partial charge in [-0.15, -0.1) is 0 Å². The van der Waals surface area contributed by atoms with Crippen LogP contribution in [0.15, 0.2) is 23.1 Å². The quantitative estimate of drug-likeness (QED) is 0.720. The summed E-state index contributed by atoms with van der Waals surface area (Å²) in [7, 11) is -3.66. The van der Waals surface area contributed by atoms with Crippen molar-refractivity contribution in [2.24, 2.45) is 0 Å². The Hall–Kier alpha value is -0.320. The Labute approximate surface area is 135 Å². The van der Waals surface area contributed by atoms with Gasteiger partial charge in [0, 0.05) is 9.61 Å². The number of sulfonamides is 1. The van der Waals surface area contributed by atoms with E-state index in [-0.39, 0.29) is 16.5 Å². The molecule has 0 bridgehead atoms. The van der Waals surface area contributed by atoms with Gasteiger partial charge < -0.3 is 5.11 Å². The van der Waals surface area contributed by atoms with Gasteiger partial charge in [0.2, 0.25) is 10.0 Å². The lowest BCUT2D eigenvalue weighted by molar-refractivity contribution is 0.0695. The van der Waals surface area contributed by atoms with E-state index < -0.39 is 16.0 Å². The first-order valence-corrected chi connectivity index (χ1v) is 9.75. The second kappa shape index (κ2) is 6.63. The number of carboxylic acids is 1. The average molecular weight is 427 g/mol. The lowest BCUT2D eigenvalue weighted by Gasteiger charge is -2.22. The van der Waals surface area contributed by atoms with Crippen LogP contribution in [0, 0.1) is 3.57 Å². The molecule has 5 nitrogen and oxygen atoms in total. The molecule has 8 heteroatoms. The van der Waals surface area contributed by atoms with E-state index in [1.54, 1.807) is 0 Å². The number of benzene rings is 1. The predicted molar refractivity (Wildman–Crippen MR) is 86.8 cm³/mol. The monoisotopic (exact) mass is 427 g/mol. The third-order valence-corrected chi connectivity index (χ3v) is 6.53. The van der Waals surface area contributed by atoms with Crippen LogP contribution in [0.5, 0.6) is 0 Å². The summed E-state index contributed by atoms with van der Waals surface area (Å²) in [6, 6.07) is 4.10. The summed E-state index contributed by atoms with van der Waals surface area (Å²) in [5, 5.41) is 9.05. The highest BCUT2D eigenvalue weighted by Gasteiger charge is 2.23. The Kier molecular flexibility index (Phi) is 5.32. The van der Waals surface area contributed by atoms with Crippen LogP contribution in [0.2, 0.25) is 0 Å². The molecule has 0 radical (unpaired) electrons. The highest BCUT2D eigenvalue weighted by Crippen LogP contribution is 2.21. The predicted octanol–water partition coefficient (Wildman–Crippen LogP) is 2.16. The van der Waals surface area contributed by atoms with Crippen molar-refractivity contribution in [3.05, 3.63) is 27.3 Å². The van der Waals surface area contributed by atoms with E-state index >= 15 is 0 Å². The van der Waals surface area contributed by atoms with E-state index in [1.165, 1.54) is 18.2 Å². The molecule has 0 atom stereocenters. The fraction of sp³-hybridized carbons (Fsp3) is 0.417. The summed E-state index contributed by atoms with van der Waals surface area (Å²) in [6.07, 6.45) is 1.61. The van der Waals surface area contributed by atoms with Gasteiger partial charge in [-0.05, 0) is 65.1 Å². The van der Waals surface area contributed by atoms with Crippen LogP contribution in [-0.2, 0) is 10.0 Å². The minimum Gasteiger partial charge on any atom is -0.478 e. The zero-order valence-electron chi connectivity index (χ0n) is 10.5. The normalized spacial score (nSPS) is 17.1. The van der Waals surface area contributed by atoms with Crippen LogP contribution in [0.3, 0.4) is 0 Å². The molecule has 1 aromatic rings. The van der Waals surface area contributed by atoms with E-state index in [9.17, 15) is 13.2 Å². The first kappa shape index (κ1) is 16.1. The molecule has 1 saturated heterocycles. The summed E-state index contributed by atoms with van der Waals surface area (Å²) in [6.45, 7) is 0. The van der Waals surface area contributed by atoms with Gasteiger partial charge in [0.15, 0.2) is 0 Å². The Bertz CT molecular complexity index is 612. The third kappa shape index (κ3) is 3.86. The Morgan fingerprint density at radius 3 is 2.60 bits per heavy atom. The molecule has 2 N–H and O–H groups in total. The fourth-order valence-electron chi connectivity index (χ4n) is 1.94. The highest BCUT2D eigenvalue weighted by molar-refractivity contribution is 14.1. The van der Waals surface area contributed by atoms with Crippen LogP contribution in [0.1, 0.15) is 23.2 Å². The molecular formula is C12H14INO4S2. The van der Waals surface area contributed by atoms with Gasteiger partial charge in [-0.3, -0.25) is 0 Å². The summed E-state index contributed by atoms with van der Waals surface area (Å²) in [5.41, 5.74) is 0.00711. The van der Waals surface area contributed by atoms with Crippen LogP contribution in [0.4, 0.5) is 0 Å². The van der Waals surface area contributed by atoms with Crippen molar-refractivity contribution in [2.45, 2.75) is 23.8 Å². The molecule has 2 rings (SSSR count). The molecule has 0 saturated carbocycles. The second-order valence-electron chi connectivity index (χ2n) is 4.45. The van der Waals surface area contributed by atoms with Gasteiger partial charge in [-0.2, -0.15) is 11.8 Å². The molecule has 0 aromatic heterocycles. The number of thioether (sulfide) groups is 1. The lowest BCUT2D eigenvalue weighted by atomic mass is 10.2. The van der Waals surface area contributed by atoms with Gasteiger partial charge in [-0.1, -0.05) is 0 Å². The maximum Gasteiger partial charge on any atom is 0.336 e. The van der Waals surface area contributed by atoms with Crippen molar-refractivity contribution < 1.29 is 18.3 Å². The van der Waals surface area contributed by atoms with Crippen molar-refractivity contribution in [1.82, 2.24) is 4.72 Å². The summed E-state index contributed by atoms with van der Waals surface area (Å²) < 4.78 is 27.7. The molecule has 1 aromatic carbocycles. The number of halogens is 1. The number of rotatable bonds is 4. The number of nitrogens with one attached hydrogen (secondary N) is 1. The molecule has 0 aliphatic carbocycles. The van der Waals surface area contributed by atoms with E-state index in [0.717, 1.165) is 24.3 Å². The molecule has 20 heavy (non-hydrogen) atoms. The molecule has 1 heterocycles. The average Bonchev–Trinajstić information content (AvgIpc) is 2.39. The van der Waals surface area contributed by atoms with Crippen molar-refractivity contribution >= 4 is 50.3 Å². The molecule has 1 fully saturated rings. The Balaban J connectivity index is 2.24. The fourth-order valence-corrected chi connectivity index (χ4v) is 4.94. The molecular weight excluding hydrogens is 413 g/mol. The Morgan fingerprint density at radius 1 is 1.35 bits per heavy atom. The van der Waals surface area contributed by atoms with Crippen molar-refractivity contribution in [3.8, 4) is 0 Å². The maximum absolute atomic E-state index is 12.3. The molecule has 0 amide bonds. The van der Waals surface area contributed by atoms with Gasteiger partial charge >= 0.3 is 5.97 Å². The summed E-state index contributed by atoms with van der Waals surface area (Å²) in [4.78, 5) is 11.1. The van der Waals surface area contributed by atoms with E-state index in [1.807, 2.05) is 34.4 Å². The van der Waals surface area contributed by atoms with Crippen LogP contribution in [-0.4, -0.2) is 37.0 Å². The molecule has 1 aliphatic heterocycles. The standard InChI is InChI=1S/C12H14INO4S2/c13-11-2-1-9(7-10(11)12(15)16)20(17,18)14-8-3-5-19-6-4-8/h1-2,7-8,14H,3-6H2,(H,15,16).